The van der Waals surface area contributed by atoms with Gasteiger partial charge in [0.05, 0.1) is 18.6 Å². The number of carboxylic acid groups (broad SMARTS) is 1. The molecule has 0 saturated carbocycles. The topological polar surface area (TPSA) is 130 Å². The van der Waals surface area contributed by atoms with Gasteiger partial charge < -0.3 is 20.1 Å². The Morgan fingerprint density at radius 2 is 1.81 bits per heavy atom. The quantitative estimate of drug-likeness (QED) is 0.703. The predicted octanol–water partition coefficient (Wildman–Crippen LogP) is 0.248. The Morgan fingerprint density at radius 1 is 1.23 bits per heavy atom. The summed E-state index contributed by atoms with van der Waals surface area (Å²) in [6.45, 7) is 3.67. The van der Waals surface area contributed by atoms with Gasteiger partial charge in [-0.2, -0.15) is 0 Å². The van der Waals surface area contributed by atoms with Gasteiger partial charge in [0.25, 0.3) is 0 Å². The molecule has 0 bridgehead atoms. The van der Waals surface area contributed by atoms with E-state index < -0.39 is 45.3 Å². The molecule has 2 rings (SSSR count). The first-order valence-electron chi connectivity index (χ1n) is 8.58. The van der Waals surface area contributed by atoms with E-state index in [4.69, 9.17) is 0 Å². The molecule has 0 aromatic carbocycles. The molecule has 2 aliphatic rings. The van der Waals surface area contributed by atoms with Crippen LogP contribution in [0.3, 0.4) is 0 Å². The van der Waals surface area contributed by atoms with E-state index >= 15 is 0 Å². The standard InChI is InChI=1S/C16H26N2O7S/c1-10(2)12(17-15(22)25-3)13(19)18-9-16(8-11(18)14(20)21)4-6-26(23,24)7-5-16/h10-12H,4-9H2,1-3H3,(H,17,22)(H,20,21)/t11?,12-/m0/s1. The Bertz CT molecular complexity index is 675. The molecule has 10 heteroatoms. The summed E-state index contributed by atoms with van der Waals surface area (Å²) in [6.07, 6.45) is 0.160. The number of sulfone groups is 1. The number of alkyl carbamates (subject to hydrolysis) is 1. The van der Waals surface area contributed by atoms with E-state index in [9.17, 15) is 27.9 Å². The smallest absolute Gasteiger partial charge is 0.407 e. The molecule has 2 aliphatic heterocycles. The number of carbonyl (C=O) groups is 3. The highest BCUT2D eigenvalue weighted by Gasteiger charge is 2.52. The maximum atomic E-state index is 13.0. The second-order valence-corrected chi connectivity index (χ2v) is 9.84. The molecular weight excluding hydrogens is 364 g/mol. The zero-order chi connectivity index (χ0) is 19.7. The number of amides is 2. The first kappa shape index (κ1) is 20.5. The summed E-state index contributed by atoms with van der Waals surface area (Å²) in [5, 5.41) is 12.0. The number of nitrogens with zero attached hydrogens (tertiary/aromatic N) is 1. The van der Waals surface area contributed by atoms with Crippen LogP contribution in [0.2, 0.25) is 0 Å². The van der Waals surface area contributed by atoms with E-state index in [0.29, 0.717) is 12.8 Å². The molecule has 1 spiro atoms. The molecule has 0 aromatic rings. The molecule has 2 heterocycles. The fraction of sp³-hybridized carbons (Fsp3) is 0.812. The maximum absolute atomic E-state index is 13.0. The van der Waals surface area contributed by atoms with Crippen molar-refractivity contribution in [2.45, 2.75) is 45.2 Å². The number of carboxylic acids is 1. The molecule has 148 valence electrons. The van der Waals surface area contributed by atoms with Gasteiger partial charge in [-0.05, 0) is 30.6 Å². The van der Waals surface area contributed by atoms with Crippen LogP contribution in [0.1, 0.15) is 33.1 Å². The third-order valence-electron chi connectivity index (χ3n) is 5.35. The average molecular weight is 390 g/mol. The van der Waals surface area contributed by atoms with Crippen molar-refractivity contribution in [1.29, 1.82) is 0 Å². The highest BCUT2D eigenvalue weighted by molar-refractivity contribution is 7.91. The fourth-order valence-corrected chi connectivity index (χ4v) is 5.41. The molecule has 1 unspecified atom stereocenters. The minimum Gasteiger partial charge on any atom is -0.480 e. The summed E-state index contributed by atoms with van der Waals surface area (Å²) in [6, 6.07) is -1.93. The van der Waals surface area contributed by atoms with Crippen molar-refractivity contribution in [3.8, 4) is 0 Å². The minimum absolute atomic E-state index is 0.00931. The second kappa shape index (κ2) is 7.42. The van der Waals surface area contributed by atoms with Crippen LogP contribution < -0.4 is 5.32 Å². The molecule has 2 fully saturated rings. The number of hydrogen-bond donors (Lipinski definition) is 2. The monoisotopic (exact) mass is 390 g/mol. The van der Waals surface area contributed by atoms with Crippen molar-refractivity contribution in [3.05, 3.63) is 0 Å². The van der Waals surface area contributed by atoms with Crippen molar-refractivity contribution >= 4 is 27.8 Å². The summed E-state index contributed by atoms with van der Waals surface area (Å²) in [7, 11) is -1.91. The van der Waals surface area contributed by atoms with Crippen molar-refractivity contribution in [2.75, 3.05) is 25.2 Å². The summed E-state index contributed by atoms with van der Waals surface area (Å²) in [5.74, 6) is -1.85. The van der Waals surface area contributed by atoms with Gasteiger partial charge in [0, 0.05) is 6.54 Å². The SMILES string of the molecule is COC(=O)N[C@H](C(=O)N1CC2(CCS(=O)(=O)CC2)CC1C(=O)O)C(C)C. The first-order chi connectivity index (χ1) is 12.0. The van der Waals surface area contributed by atoms with Gasteiger partial charge in [-0.1, -0.05) is 13.8 Å². The van der Waals surface area contributed by atoms with Crippen LogP contribution in [0.4, 0.5) is 4.79 Å². The van der Waals surface area contributed by atoms with Gasteiger partial charge in [-0.25, -0.2) is 18.0 Å². The van der Waals surface area contributed by atoms with Crippen LogP contribution in [0.25, 0.3) is 0 Å². The van der Waals surface area contributed by atoms with E-state index in [1.165, 1.54) is 12.0 Å². The molecule has 0 radical (unpaired) electrons. The number of likely N-dealkylation sites (tertiary alicyclic amines) is 1. The van der Waals surface area contributed by atoms with Gasteiger partial charge in [-0.3, -0.25) is 4.79 Å². The highest BCUT2D eigenvalue weighted by atomic mass is 32.2. The van der Waals surface area contributed by atoms with Crippen LogP contribution in [0, 0.1) is 11.3 Å². The fourth-order valence-electron chi connectivity index (χ4n) is 3.72. The first-order valence-corrected chi connectivity index (χ1v) is 10.4. The maximum Gasteiger partial charge on any atom is 0.407 e. The van der Waals surface area contributed by atoms with Crippen LogP contribution in [0.15, 0.2) is 0 Å². The number of aliphatic carboxylic acids is 1. The number of nitrogens with one attached hydrogen (secondary N) is 1. The summed E-state index contributed by atoms with van der Waals surface area (Å²) < 4.78 is 28.0. The Kier molecular flexibility index (Phi) is 5.84. The lowest BCUT2D eigenvalue weighted by Crippen LogP contribution is -2.54. The third kappa shape index (κ3) is 4.28. The largest absolute Gasteiger partial charge is 0.480 e. The van der Waals surface area contributed by atoms with Crippen LogP contribution >= 0.6 is 0 Å². The van der Waals surface area contributed by atoms with Gasteiger partial charge in [-0.15, -0.1) is 0 Å². The molecule has 0 aliphatic carbocycles. The Morgan fingerprint density at radius 3 is 2.27 bits per heavy atom. The lowest BCUT2D eigenvalue weighted by atomic mass is 9.80. The molecular formula is C16H26N2O7S. The molecule has 2 saturated heterocycles. The third-order valence-corrected chi connectivity index (χ3v) is 7.01. The lowest BCUT2D eigenvalue weighted by molar-refractivity contribution is -0.149. The zero-order valence-electron chi connectivity index (χ0n) is 15.2. The number of hydrogen-bond acceptors (Lipinski definition) is 6. The number of rotatable bonds is 4. The number of ether oxygens (including phenoxy) is 1. The van der Waals surface area contributed by atoms with E-state index in [0.717, 1.165) is 0 Å². The lowest BCUT2D eigenvalue weighted by Gasteiger charge is -2.33. The average Bonchev–Trinajstić information content (AvgIpc) is 2.95. The Balaban J connectivity index is 2.23. The van der Waals surface area contributed by atoms with E-state index in [2.05, 4.69) is 10.1 Å². The summed E-state index contributed by atoms with van der Waals surface area (Å²) >= 11 is 0. The Hall–Kier alpha value is -1.84. The molecule has 2 atom stereocenters. The van der Waals surface area contributed by atoms with Gasteiger partial charge in [0.2, 0.25) is 5.91 Å². The molecule has 0 aromatic heterocycles. The van der Waals surface area contributed by atoms with Gasteiger partial charge in [0.1, 0.15) is 21.9 Å². The molecule has 2 N–H and O–H groups in total. The minimum atomic E-state index is -3.10. The second-order valence-electron chi connectivity index (χ2n) is 7.53. The van der Waals surface area contributed by atoms with Crippen LogP contribution in [0.5, 0.6) is 0 Å². The summed E-state index contributed by atoms with van der Waals surface area (Å²) in [4.78, 5) is 37.5. The van der Waals surface area contributed by atoms with Crippen molar-refractivity contribution in [3.63, 3.8) is 0 Å². The number of carbonyl (C=O) groups excluding carboxylic acids is 2. The summed E-state index contributed by atoms with van der Waals surface area (Å²) in [5.41, 5.74) is -0.503. The van der Waals surface area contributed by atoms with E-state index in [1.807, 2.05) is 0 Å². The highest BCUT2D eigenvalue weighted by Crippen LogP contribution is 2.44. The van der Waals surface area contributed by atoms with Crippen molar-refractivity contribution < 1.29 is 32.6 Å². The van der Waals surface area contributed by atoms with Crippen molar-refractivity contribution in [2.24, 2.45) is 11.3 Å². The van der Waals surface area contributed by atoms with Crippen molar-refractivity contribution in [1.82, 2.24) is 10.2 Å². The molecule has 9 nitrogen and oxygen atoms in total. The molecule has 2 amide bonds. The normalized spacial score (nSPS) is 25.1. The number of methoxy groups -OCH3 is 1. The van der Waals surface area contributed by atoms with Gasteiger partial charge >= 0.3 is 12.1 Å². The zero-order valence-corrected chi connectivity index (χ0v) is 16.0. The predicted molar refractivity (Wildman–Crippen MR) is 92.2 cm³/mol. The Labute approximate surface area is 153 Å². The van der Waals surface area contributed by atoms with E-state index in [1.54, 1.807) is 13.8 Å². The van der Waals surface area contributed by atoms with E-state index in [-0.39, 0.29) is 30.4 Å². The van der Waals surface area contributed by atoms with Crippen LogP contribution in [-0.2, 0) is 24.2 Å². The molecule has 26 heavy (non-hydrogen) atoms. The van der Waals surface area contributed by atoms with Crippen LogP contribution in [-0.4, -0.2) is 73.6 Å². The van der Waals surface area contributed by atoms with Gasteiger partial charge in [0.15, 0.2) is 0 Å².